The monoisotopic (exact) mass is 663 g/mol. The van der Waals surface area contributed by atoms with E-state index in [1.54, 1.807) is 13.2 Å². The summed E-state index contributed by atoms with van der Waals surface area (Å²) in [6, 6.07) is 24.6. The van der Waals surface area contributed by atoms with Gasteiger partial charge in [0.25, 0.3) is 5.91 Å². The number of amides is 1. The van der Waals surface area contributed by atoms with Crippen LogP contribution in [0.5, 0.6) is 5.75 Å². The Morgan fingerprint density at radius 2 is 1.82 bits per heavy atom. The van der Waals surface area contributed by atoms with Crippen LogP contribution in [0.4, 0.5) is 5.95 Å². The van der Waals surface area contributed by atoms with E-state index in [1.165, 1.54) is 5.56 Å². The van der Waals surface area contributed by atoms with Crippen LogP contribution < -0.4 is 9.64 Å². The van der Waals surface area contributed by atoms with Crippen LogP contribution in [0.25, 0.3) is 22.4 Å². The van der Waals surface area contributed by atoms with Crippen molar-refractivity contribution in [2.24, 2.45) is 0 Å². The average molecular weight is 664 g/mol. The summed E-state index contributed by atoms with van der Waals surface area (Å²) in [5.41, 5.74) is 4.55. The molecule has 7 rings (SSSR count). The number of H-pyrrole nitrogens is 1. The quantitative estimate of drug-likeness (QED) is 0.191. The number of ether oxygens (including phenoxy) is 2. The molecule has 0 spiro atoms. The van der Waals surface area contributed by atoms with Crippen LogP contribution in [-0.2, 0) is 16.7 Å². The maximum Gasteiger partial charge on any atom is 0.257 e. The smallest absolute Gasteiger partial charge is 0.257 e. The Hall–Kier alpha value is -4.81. The molecule has 1 atom stereocenters. The van der Waals surface area contributed by atoms with Crippen molar-refractivity contribution in [2.75, 3.05) is 71.0 Å². The molecular weight excluding hydrogens is 618 g/mol. The van der Waals surface area contributed by atoms with Crippen molar-refractivity contribution in [3.05, 3.63) is 83.9 Å². The molecule has 2 aromatic heterocycles. The highest BCUT2D eigenvalue weighted by molar-refractivity contribution is 5.98. The molecular formula is C37H45N9O3. The molecule has 3 aromatic carbocycles. The van der Waals surface area contributed by atoms with Crippen LogP contribution in [0.15, 0.2) is 72.8 Å². The van der Waals surface area contributed by atoms with Gasteiger partial charge in [-0.3, -0.25) is 4.79 Å². The first kappa shape index (κ1) is 32.7. The van der Waals surface area contributed by atoms with Crippen LogP contribution >= 0.6 is 0 Å². The molecule has 1 amide bonds. The number of likely N-dealkylation sites (tertiary alicyclic amines) is 1. The van der Waals surface area contributed by atoms with Crippen LogP contribution in [-0.4, -0.2) is 112 Å². The van der Waals surface area contributed by atoms with Gasteiger partial charge in [0.15, 0.2) is 0 Å². The van der Waals surface area contributed by atoms with Crippen molar-refractivity contribution >= 4 is 22.9 Å². The topological polar surface area (TPSA) is 118 Å². The SMILES string of the molecule is CCOCCn1c(N2CCCN(CCC3(c4ccccc4)CCN(C(=O)c4cc(-c5nn[nH]n5)ccc4OC)C3)CC2)nc2ccccc21. The average Bonchev–Trinajstić information content (AvgIpc) is 3.88. The number of hydrogen-bond donors (Lipinski definition) is 1. The number of hydrogen-bond acceptors (Lipinski definition) is 9. The summed E-state index contributed by atoms with van der Waals surface area (Å²) in [5.74, 6) is 1.97. The minimum absolute atomic E-state index is 0.0439. The maximum atomic E-state index is 14.1. The lowest BCUT2D eigenvalue weighted by Gasteiger charge is -2.33. The molecule has 2 aliphatic rings. The van der Waals surface area contributed by atoms with Gasteiger partial charge in [-0.1, -0.05) is 42.5 Å². The molecule has 2 saturated heterocycles. The minimum atomic E-state index is -0.144. The van der Waals surface area contributed by atoms with Crippen molar-refractivity contribution in [2.45, 2.75) is 38.1 Å². The van der Waals surface area contributed by atoms with Crippen LogP contribution in [0.2, 0.25) is 0 Å². The number of aromatic amines is 1. The van der Waals surface area contributed by atoms with Crippen molar-refractivity contribution in [3.8, 4) is 17.1 Å². The van der Waals surface area contributed by atoms with Gasteiger partial charge in [-0.15, -0.1) is 10.2 Å². The first-order valence-electron chi connectivity index (χ1n) is 17.4. The van der Waals surface area contributed by atoms with Gasteiger partial charge in [0.05, 0.1) is 30.3 Å². The van der Waals surface area contributed by atoms with E-state index in [9.17, 15) is 4.79 Å². The van der Waals surface area contributed by atoms with E-state index in [1.807, 2.05) is 24.0 Å². The zero-order chi connectivity index (χ0) is 33.6. The van der Waals surface area contributed by atoms with Gasteiger partial charge in [-0.2, -0.15) is 5.21 Å². The highest BCUT2D eigenvalue weighted by Gasteiger charge is 2.42. The highest BCUT2D eigenvalue weighted by Crippen LogP contribution is 2.39. The molecule has 5 aromatic rings. The summed E-state index contributed by atoms with van der Waals surface area (Å²) in [5, 5.41) is 14.4. The lowest BCUT2D eigenvalue weighted by atomic mass is 9.76. The Balaban J connectivity index is 1.06. The normalized spacial score (nSPS) is 18.7. The van der Waals surface area contributed by atoms with E-state index >= 15 is 0 Å². The Morgan fingerprint density at radius 3 is 2.63 bits per heavy atom. The van der Waals surface area contributed by atoms with Gasteiger partial charge in [0.2, 0.25) is 11.8 Å². The molecule has 256 valence electrons. The molecule has 0 radical (unpaired) electrons. The number of methoxy groups -OCH3 is 1. The van der Waals surface area contributed by atoms with Gasteiger partial charge < -0.3 is 28.7 Å². The Labute approximate surface area is 287 Å². The number of rotatable bonds is 12. The summed E-state index contributed by atoms with van der Waals surface area (Å²) in [4.78, 5) is 26.2. The molecule has 1 N–H and O–H groups in total. The number of carbonyl (C=O) groups excluding carboxylic acids is 1. The number of imidazole rings is 1. The third-order valence-electron chi connectivity index (χ3n) is 10.1. The second kappa shape index (κ2) is 14.8. The van der Waals surface area contributed by atoms with E-state index in [4.69, 9.17) is 14.5 Å². The van der Waals surface area contributed by atoms with E-state index in [-0.39, 0.29) is 11.3 Å². The summed E-state index contributed by atoms with van der Waals surface area (Å²) in [7, 11) is 1.59. The second-order valence-corrected chi connectivity index (χ2v) is 13.0. The second-order valence-electron chi connectivity index (χ2n) is 13.0. The Kier molecular flexibility index (Phi) is 9.85. The number of nitrogens with zero attached hydrogens (tertiary/aromatic N) is 8. The predicted octanol–water partition coefficient (Wildman–Crippen LogP) is 4.65. The number of carbonyl (C=O) groups is 1. The van der Waals surface area contributed by atoms with Crippen molar-refractivity contribution in [3.63, 3.8) is 0 Å². The molecule has 12 heteroatoms. The van der Waals surface area contributed by atoms with Crippen LogP contribution in [0, 0.1) is 0 Å². The zero-order valence-corrected chi connectivity index (χ0v) is 28.4. The van der Waals surface area contributed by atoms with Gasteiger partial charge in [0, 0.05) is 56.9 Å². The summed E-state index contributed by atoms with van der Waals surface area (Å²) in [6.45, 7) is 10.3. The van der Waals surface area contributed by atoms with Crippen molar-refractivity contribution in [1.82, 2.24) is 40.0 Å². The molecule has 49 heavy (non-hydrogen) atoms. The fourth-order valence-corrected chi connectivity index (χ4v) is 7.48. The van der Waals surface area contributed by atoms with Crippen LogP contribution in [0.1, 0.15) is 42.1 Å². The molecule has 12 nitrogen and oxygen atoms in total. The van der Waals surface area contributed by atoms with Gasteiger partial charge in [0.1, 0.15) is 5.75 Å². The highest BCUT2D eigenvalue weighted by atomic mass is 16.5. The van der Waals surface area contributed by atoms with Crippen LogP contribution in [0.3, 0.4) is 0 Å². The fraction of sp³-hybridized carbons (Fsp3) is 0.432. The fourth-order valence-electron chi connectivity index (χ4n) is 7.48. The van der Waals surface area contributed by atoms with Gasteiger partial charge >= 0.3 is 0 Å². The maximum absolute atomic E-state index is 14.1. The number of benzene rings is 3. The molecule has 2 fully saturated rings. The summed E-state index contributed by atoms with van der Waals surface area (Å²) in [6.07, 6.45) is 2.93. The zero-order valence-electron chi connectivity index (χ0n) is 28.4. The number of anilines is 1. The Morgan fingerprint density at radius 1 is 0.959 bits per heavy atom. The largest absolute Gasteiger partial charge is 0.496 e. The van der Waals surface area contributed by atoms with Gasteiger partial charge in [-0.05, 0) is 80.4 Å². The first-order chi connectivity index (χ1) is 24.1. The molecule has 0 bridgehead atoms. The number of nitrogens with one attached hydrogen (secondary N) is 1. The molecule has 0 saturated carbocycles. The molecule has 2 aliphatic heterocycles. The summed E-state index contributed by atoms with van der Waals surface area (Å²) < 4.78 is 13.7. The van der Waals surface area contributed by atoms with E-state index < -0.39 is 0 Å². The lowest BCUT2D eigenvalue weighted by Crippen LogP contribution is -2.39. The number of fused-ring (bicyclic) bond motifs is 1. The van der Waals surface area contributed by atoms with Crippen molar-refractivity contribution in [1.29, 1.82) is 0 Å². The van der Waals surface area contributed by atoms with Gasteiger partial charge in [-0.25, -0.2) is 4.98 Å². The minimum Gasteiger partial charge on any atom is -0.496 e. The molecule has 1 unspecified atom stereocenters. The third kappa shape index (κ3) is 6.88. The number of tetrazole rings is 1. The number of aromatic nitrogens is 6. The molecule has 0 aliphatic carbocycles. The van der Waals surface area contributed by atoms with E-state index in [0.717, 1.165) is 75.5 Å². The Bertz CT molecular complexity index is 1840. The van der Waals surface area contributed by atoms with E-state index in [0.29, 0.717) is 49.0 Å². The third-order valence-corrected chi connectivity index (χ3v) is 10.1. The predicted molar refractivity (Wildman–Crippen MR) is 189 cm³/mol. The summed E-state index contributed by atoms with van der Waals surface area (Å²) >= 11 is 0. The lowest BCUT2D eigenvalue weighted by molar-refractivity contribution is 0.0777. The number of para-hydroxylation sites is 2. The molecule has 4 heterocycles. The van der Waals surface area contributed by atoms with Crippen molar-refractivity contribution < 1.29 is 14.3 Å². The first-order valence-corrected chi connectivity index (χ1v) is 17.4. The van der Waals surface area contributed by atoms with E-state index in [2.05, 4.69) is 89.6 Å². The standard InChI is InChI=1S/C37H45N9O3/c1-3-49-25-24-46-32-13-8-7-12-31(32)38-36(46)44-19-9-18-43(22-23-44)20-16-37(29-10-5-4-6-11-29)17-21-45(27-37)35(47)30-26-28(14-15-33(30)48-2)34-39-41-42-40-34/h4-8,10-15,26H,3,9,16-25,27H2,1-2H3,(H,39,40,41,42).